The fraction of sp³-hybridized carbons (Fsp3) is 0.333. The summed E-state index contributed by atoms with van der Waals surface area (Å²) in [6.07, 6.45) is 0.225. The fourth-order valence-electron chi connectivity index (χ4n) is 2.35. The fourth-order valence-corrected chi connectivity index (χ4v) is 2.96. The van der Waals surface area contributed by atoms with Crippen molar-refractivity contribution in [2.24, 2.45) is 0 Å². The van der Waals surface area contributed by atoms with E-state index in [4.69, 9.17) is 4.74 Å². The summed E-state index contributed by atoms with van der Waals surface area (Å²) in [5, 5.41) is 2.76. The lowest BCUT2D eigenvalue weighted by Gasteiger charge is -2.10. The summed E-state index contributed by atoms with van der Waals surface area (Å²) >= 11 is 3.43. The summed E-state index contributed by atoms with van der Waals surface area (Å²) < 4.78 is 6.47. The van der Waals surface area contributed by atoms with Gasteiger partial charge in [0.05, 0.1) is 17.5 Å². The normalized spacial score (nSPS) is 10.5. The Morgan fingerprint density at radius 3 is 2.67 bits per heavy atom. The number of carbonyl (C=O) groups is 1. The molecule has 2 rings (SSSR count). The van der Waals surface area contributed by atoms with Gasteiger partial charge in [0.15, 0.2) is 0 Å². The Hall–Kier alpha value is -2.08. The maximum absolute atomic E-state index is 11.9. The number of rotatable bonds is 6. The largest absolute Gasteiger partial charge is 0.492 e. The number of H-pyrrole nitrogens is 1. The van der Waals surface area contributed by atoms with Crippen LogP contribution in [0.4, 0.5) is 0 Å². The van der Waals surface area contributed by atoms with Gasteiger partial charge in [-0.2, -0.15) is 0 Å². The Morgan fingerprint density at radius 2 is 2.00 bits per heavy atom. The van der Waals surface area contributed by atoms with Gasteiger partial charge in [-0.05, 0) is 66.0 Å². The van der Waals surface area contributed by atoms with Crippen LogP contribution in [-0.4, -0.2) is 17.5 Å². The molecule has 0 aliphatic carbocycles. The summed E-state index contributed by atoms with van der Waals surface area (Å²) in [7, 11) is 0. The molecule has 5 nitrogen and oxygen atoms in total. The van der Waals surface area contributed by atoms with Crippen molar-refractivity contribution in [3.05, 3.63) is 61.5 Å². The number of halogens is 1. The van der Waals surface area contributed by atoms with Gasteiger partial charge in [0.2, 0.25) is 5.91 Å². The molecule has 128 valence electrons. The highest BCUT2D eigenvalue weighted by Crippen LogP contribution is 2.25. The predicted molar refractivity (Wildman–Crippen MR) is 97.4 cm³/mol. The first kappa shape index (κ1) is 18.3. The van der Waals surface area contributed by atoms with Crippen LogP contribution in [0.25, 0.3) is 0 Å². The second-order valence-corrected chi connectivity index (χ2v) is 6.61. The first-order valence-corrected chi connectivity index (χ1v) is 8.51. The number of benzene rings is 1. The summed E-state index contributed by atoms with van der Waals surface area (Å²) in [5.74, 6) is 0.553. The molecule has 1 aromatic heterocycles. The Balaban J connectivity index is 1.83. The maximum Gasteiger partial charge on any atom is 0.253 e. The summed E-state index contributed by atoms with van der Waals surface area (Å²) in [5.41, 5.74) is 3.23. The minimum atomic E-state index is -0.160. The number of pyridine rings is 1. The molecule has 0 unspecified atom stereocenters. The molecule has 2 N–H and O–H groups in total. The van der Waals surface area contributed by atoms with E-state index in [0.29, 0.717) is 11.3 Å². The second-order valence-electron chi connectivity index (χ2n) is 5.75. The summed E-state index contributed by atoms with van der Waals surface area (Å²) in [6.45, 7) is 6.18. The molecule has 6 heteroatoms. The van der Waals surface area contributed by atoms with Crippen molar-refractivity contribution >= 4 is 21.8 Å². The third-order valence-corrected chi connectivity index (χ3v) is 4.25. The molecule has 0 atom stereocenters. The molecule has 24 heavy (non-hydrogen) atoms. The van der Waals surface area contributed by atoms with Gasteiger partial charge >= 0.3 is 0 Å². The molecule has 2 aromatic rings. The van der Waals surface area contributed by atoms with Crippen molar-refractivity contribution in [3.63, 3.8) is 0 Å². The van der Waals surface area contributed by atoms with E-state index in [1.807, 2.05) is 45.0 Å². The number of carbonyl (C=O) groups excluding carboxylic acids is 1. The smallest absolute Gasteiger partial charge is 0.253 e. The van der Waals surface area contributed by atoms with E-state index in [2.05, 4.69) is 26.2 Å². The van der Waals surface area contributed by atoms with Crippen molar-refractivity contribution in [2.75, 3.05) is 6.61 Å². The first-order valence-electron chi connectivity index (χ1n) is 7.72. The van der Waals surface area contributed by atoms with Crippen molar-refractivity contribution in [1.29, 1.82) is 0 Å². The Bertz CT molecular complexity index is 799. The molecule has 1 heterocycles. The van der Waals surface area contributed by atoms with Crippen LogP contribution < -0.4 is 15.6 Å². The third-order valence-electron chi connectivity index (χ3n) is 3.63. The maximum atomic E-state index is 11.9. The number of aromatic amines is 1. The van der Waals surface area contributed by atoms with Gasteiger partial charge in [0, 0.05) is 17.8 Å². The molecule has 1 amide bonds. The van der Waals surface area contributed by atoms with E-state index >= 15 is 0 Å². The van der Waals surface area contributed by atoms with Crippen molar-refractivity contribution in [3.8, 4) is 5.75 Å². The van der Waals surface area contributed by atoms with Crippen molar-refractivity contribution in [2.45, 2.75) is 33.7 Å². The molecular formula is C18H21BrN2O3. The van der Waals surface area contributed by atoms with Crippen LogP contribution in [0.2, 0.25) is 0 Å². The van der Waals surface area contributed by atoms with Crippen LogP contribution in [0.1, 0.15) is 28.8 Å². The van der Waals surface area contributed by atoms with Gasteiger partial charge < -0.3 is 15.0 Å². The summed E-state index contributed by atoms with van der Waals surface area (Å²) in [6, 6.07) is 7.67. The van der Waals surface area contributed by atoms with Gasteiger partial charge in [-0.25, -0.2) is 0 Å². The standard InChI is InChI=1S/C18H21BrN2O3/c1-11-4-5-16(15(19)8-11)24-7-6-17(22)20-10-14-12(2)9-13(3)21-18(14)23/h4-5,8-9H,6-7,10H2,1-3H3,(H,20,22)(H,21,23). The van der Waals surface area contributed by atoms with E-state index in [-0.39, 0.29) is 31.0 Å². The van der Waals surface area contributed by atoms with Crippen molar-refractivity contribution < 1.29 is 9.53 Å². The van der Waals surface area contributed by atoms with Crippen LogP contribution in [0.5, 0.6) is 5.75 Å². The zero-order valence-corrected chi connectivity index (χ0v) is 15.6. The zero-order valence-electron chi connectivity index (χ0n) is 14.0. The van der Waals surface area contributed by atoms with Gasteiger partial charge in [-0.15, -0.1) is 0 Å². The second kappa shape index (κ2) is 8.15. The molecule has 1 aromatic carbocycles. The number of nitrogens with one attached hydrogen (secondary N) is 2. The van der Waals surface area contributed by atoms with Gasteiger partial charge in [0.1, 0.15) is 5.75 Å². The Kier molecular flexibility index (Phi) is 6.20. The van der Waals surface area contributed by atoms with Crippen LogP contribution >= 0.6 is 15.9 Å². The molecule has 0 saturated heterocycles. The molecule has 0 radical (unpaired) electrons. The highest BCUT2D eigenvalue weighted by molar-refractivity contribution is 9.10. The molecule has 0 bridgehead atoms. The zero-order chi connectivity index (χ0) is 17.7. The monoisotopic (exact) mass is 392 g/mol. The minimum Gasteiger partial charge on any atom is -0.492 e. The van der Waals surface area contributed by atoms with Crippen molar-refractivity contribution in [1.82, 2.24) is 10.3 Å². The topological polar surface area (TPSA) is 71.2 Å². The van der Waals surface area contributed by atoms with Gasteiger partial charge in [-0.3, -0.25) is 9.59 Å². The average Bonchev–Trinajstić information content (AvgIpc) is 2.48. The lowest BCUT2D eigenvalue weighted by Crippen LogP contribution is -2.28. The number of aromatic nitrogens is 1. The molecule has 0 spiro atoms. The Labute approximate surface area is 149 Å². The SMILES string of the molecule is Cc1ccc(OCCC(=O)NCc2c(C)cc(C)[nH]c2=O)c(Br)c1. The first-order chi connectivity index (χ1) is 11.4. The van der Waals surface area contributed by atoms with Crippen LogP contribution in [0.3, 0.4) is 0 Å². The molecule has 0 fully saturated rings. The minimum absolute atomic E-state index is 0.155. The van der Waals surface area contributed by atoms with Crippen LogP contribution in [0, 0.1) is 20.8 Å². The lowest BCUT2D eigenvalue weighted by atomic mass is 10.1. The quantitative estimate of drug-likeness (QED) is 0.792. The van der Waals surface area contributed by atoms with E-state index in [0.717, 1.165) is 21.3 Å². The number of hydrogen-bond donors (Lipinski definition) is 2. The average molecular weight is 393 g/mol. The number of amides is 1. The van der Waals surface area contributed by atoms with E-state index in [9.17, 15) is 9.59 Å². The van der Waals surface area contributed by atoms with Crippen LogP contribution in [0.15, 0.2) is 33.5 Å². The highest BCUT2D eigenvalue weighted by atomic mass is 79.9. The van der Waals surface area contributed by atoms with E-state index in [1.165, 1.54) is 0 Å². The number of aryl methyl sites for hydroxylation is 3. The Morgan fingerprint density at radius 1 is 1.25 bits per heavy atom. The van der Waals surface area contributed by atoms with E-state index in [1.54, 1.807) is 0 Å². The van der Waals surface area contributed by atoms with Gasteiger partial charge in [-0.1, -0.05) is 6.07 Å². The molecule has 0 aliphatic rings. The third kappa shape index (κ3) is 4.96. The number of hydrogen-bond acceptors (Lipinski definition) is 3. The molecule has 0 saturated carbocycles. The number of ether oxygens (including phenoxy) is 1. The highest BCUT2D eigenvalue weighted by Gasteiger charge is 2.08. The molecular weight excluding hydrogens is 372 g/mol. The summed E-state index contributed by atoms with van der Waals surface area (Å²) in [4.78, 5) is 26.6. The van der Waals surface area contributed by atoms with E-state index < -0.39 is 0 Å². The molecule has 0 aliphatic heterocycles. The van der Waals surface area contributed by atoms with Crippen LogP contribution in [-0.2, 0) is 11.3 Å². The lowest BCUT2D eigenvalue weighted by molar-refractivity contribution is -0.121. The predicted octanol–water partition coefficient (Wildman–Crippen LogP) is 3.15. The van der Waals surface area contributed by atoms with Gasteiger partial charge in [0.25, 0.3) is 5.56 Å².